The first kappa shape index (κ1) is 23.9. The molecule has 13 heteroatoms. The van der Waals surface area contributed by atoms with Gasteiger partial charge in [0, 0.05) is 18.7 Å². The molecule has 1 unspecified atom stereocenters. The highest BCUT2D eigenvalue weighted by molar-refractivity contribution is 5.92. The highest BCUT2D eigenvalue weighted by Crippen LogP contribution is 2.35. The SMILES string of the molecule is CC(=O)Nc1cc(C(C)NC(=O)c2ccc(OCC(F)(F)C(F)(F)F)nn2)cc(C)n1. The van der Waals surface area contributed by atoms with Crippen molar-refractivity contribution in [2.24, 2.45) is 0 Å². The summed E-state index contributed by atoms with van der Waals surface area (Å²) in [6.07, 6.45) is -5.76. The number of ether oxygens (including phenoxy) is 1. The van der Waals surface area contributed by atoms with Crippen LogP contribution in [0.2, 0.25) is 0 Å². The van der Waals surface area contributed by atoms with Gasteiger partial charge in [-0.05, 0) is 37.6 Å². The Morgan fingerprint density at radius 1 is 1.13 bits per heavy atom. The van der Waals surface area contributed by atoms with Crippen molar-refractivity contribution in [1.82, 2.24) is 20.5 Å². The molecule has 2 aromatic heterocycles. The lowest BCUT2D eigenvalue weighted by Gasteiger charge is -2.19. The second kappa shape index (κ2) is 9.18. The second-order valence-corrected chi connectivity index (χ2v) is 6.55. The van der Waals surface area contributed by atoms with Crippen LogP contribution < -0.4 is 15.4 Å². The highest BCUT2D eigenvalue weighted by Gasteiger charge is 2.58. The molecule has 0 bridgehead atoms. The Morgan fingerprint density at radius 2 is 1.81 bits per heavy atom. The van der Waals surface area contributed by atoms with E-state index in [-0.39, 0.29) is 11.6 Å². The molecule has 0 spiro atoms. The molecule has 2 amide bonds. The molecule has 0 aliphatic heterocycles. The van der Waals surface area contributed by atoms with E-state index < -0.39 is 36.5 Å². The third-order valence-corrected chi connectivity index (χ3v) is 3.82. The van der Waals surface area contributed by atoms with Crippen LogP contribution in [-0.4, -0.2) is 45.7 Å². The van der Waals surface area contributed by atoms with Crippen molar-refractivity contribution in [2.45, 2.75) is 38.9 Å². The molecule has 0 saturated heterocycles. The number of halogens is 5. The number of nitrogens with one attached hydrogen (secondary N) is 2. The molecule has 31 heavy (non-hydrogen) atoms. The molecule has 2 aromatic rings. The molecule has 0 radical (unpaired) electrons. The lowest BCUT2D eigenvalue weighted by Crippen LogP contribution is -2.41. The molecular weight excluding hydrogens is 429 g/mol. The number of carbonyl (C=O) groups is 2. The number of aromatic nitrogens is 3. The van der Waals surface area contributed by atoms with Gasteiger partial charge < -0.3 is 15.4 Å². The fraction of sp³-hybridized carbons (Fsp3) is 0.389. The average molecular weight is 447 g/mol. The second-order valence-electron chi connectivity index (χ2n) is 6.55. The Bertz CT molecular complexity index is 951. The molecule has 8 nitrogen and oxygen atoms in total. The molecule has 0 aliphatic carbocycles. The number of hydrogen-bond acceptors (Lipinski definition) is 6. The largest absolute Gasteiger partial charge is 0.470 e. The fourth-order valence-electron chi connectivity index (χ4n) is 2.31. The summed E-state index contributed by atoms with van der Waals surface area (Å²) in [5.74, 6) is -6.34. The molecule has 0 fully saturated rings. The molecule has 168 valence electrons. The molecule has 2 heterocycles. The first-order valence-corrected chi connectivity index (χ1v) is 8.76. The van der Waals surface area contributed by atoms with Crippen LogP contribution in [0.1, 0.15) is 41.6 Å². The van der Waals surface area contributed by atoms with E-state index in [1.54, 1.807) is 26.0 Å². The number of amides is 2. The van der Waals surface area contributed by atoms with E-state index in [2.05, 4.69) is 30.6 Å². The van der Waals surface area contributed by atoms with E-state index in [1.165, 1.54) is 6.92 Å². The van der Waals surface area contributed by atoms with Gasteiger partial charge in [-0.2, -0.15) is 22.0 Å². The molecule has 0 aromatic carbocycles. The zero-order chi connectivity index (χ0) is 23.4. The van der Waals surface area contributed by atoms with Gasteiger partial charge in [-0.15, -0.1) is 10.2 Å². The van der Waals surface area contributed by atoms with E-state index >= 15 is 0 Å². The van der Waals surface area contributed by atoms with Crippen LogP contribution in [-0.2, 0) is 4.79 Å². The van der Waals surface area contributed by atoms with E-state index in [4.69, 9.17) is 0 Å². The van der Waals surface area contributed by atoms with E-state index in [0.29, 0.717) is 17.1 Å². The third kappa shape index (κ3) is 6.55. The summed E-state index contributed by atoms with van der Waals surface area (Å²) in [7, 11) is 0. The summed E-state index contributed by atoms with van der Waals surface area (Å²) < 4.78 is 66.5. The van der Waals surface area contributed by atoms with Crippen LogP contribution in [0.15, 0.2) is 24.3 Å². The van der Waals surface area contributed by atoms with Gasteiger partial charge in [0.25, 0.3) is 5.91 Å². The zero-order valence-electron chi connectivity index (χ0n) is 16.6. The Kier molecular flexibility index (Phi) is 7.08. The topological polar surface area (TPSA) is 106 Å². The summed E-state index contributed by atoms with van der Waals surface area (Å²) in [6.45, 7) is 2.72. The van der Waals surface area contributed by atoms with Crippen LogP contribution in [0, 0.1) is 6.92 Å². The minimum Gasteiger partial charge on any atom is -0.470 e. The first-order valence-electron chi connectivity index (χ1n) is 8.76. The average Bonchev–Trinajstić information content (AvgIpc) is 2.64. The van der Waals surface area contributed by atoms with Gasteiger partial charge in [0.05, 0.1) is 6.04 Å². The number of rotatable bonds is 7. The maximum Gasteiger partial charge on any atom is 0.456 e. The Morgan fingerprint density at radius 3 is 2.35 bits per heavy atom. The lowest BCUT2D eigenvalue weighted by atomic mass is 10.1. The lowest BCUT2D eigenvalue weighted by molar-refractivity contribution is -0.290. The molecule has 2 N–H and O–H groups in total. The summed E-state index contributed by atoms with van der Waals surface area (Å²) in [4.78, 5) is 27.7. The van der Waals surface area contributed by atoms with E-state index in [9.17, 15) is 31.5 Å². The van der Waals surface area contributed by atoms with Crippen LogP contribution in [0.5, 0.6) is 5.88 Å². The number of nitrogens with zero attached hydrogens (tertiary/aromatic N) is 3. The highest BCUT2D eigenvalue weighted by atomic mass is 19.4. The van der Waals surface area contributed by atoms with Crippen LogP contribution >= 0.6 is 0 Å². The number of carbonyl (C=O) groups excluding carboxylic acids is 2. The van der Waals surface area contributed by atoms with Crippen LogP contribution in [0.3, 0.4) is 0 Å². The third-order valence-electron chi connectivity index (χ3n) is 3.82. The van der Waals surface area contributed by atoms with Gasteiger partial charge in [-0.1, -0.05) is 0 Å². The van der Waals surface area contributed by atoms with Gasteiger partial charge in [-0.3, -0.25) is 9.59 Å². The minimum absolute atomic E-state index is 0.213. The number of pyridine rings is 1. The number of aryl methyl sites for hydroxylation is 1. The molecular formula is C18H18F5N5O3. The van der Waals surface area contributed by atoms with E-state index in [0.717, 1.165) is 12.1 Å². The van der Waals surface area contributed by atoms with Crippen molar-refractivity contribution in [3.63, 3.8) is 0 Å². The van der Waals surface area contributed by atoms with Crippen molar-refractivity contribution in [3.8, 4) is 5.88 Å². The van der Waals surface area contributed by atoms with Crippen molar-refractivity contribution >= 4 is 17.6 Å². The Hall–Kier alpha value is -3.38. The van der Waals surface area contributed by atoms with Gasteiger partial charge in [0.1, 0.15) is 5.82 Å². The van der Waals surface area contributed by atoms with Crippen LogP contribution in [0.25, 0.3) is 0 Å². The summed E-state index contributed by atoms with van der Waals surface area (Å²) in [6, 6.07) is 4.74. The van der Waals surface area contributed by atoms with E-state index in [1.807, 2.05) is 0 Å². The first-order chi connectivity index (χ1) is 14.3. The minimum atomic E-state index is -5.76. The normalized spacial score (nSPS) is 12.8. The Balaban J connectivity index is 2.03. The molecule has 0 aliphatic rings. The van der Waals surface area contributed by atoms with Crippen LogP contribution in [0.4, 0.5) is 27.8 Å². The number of hydrogen-bond donors (Lipinski definition) is 2. The van der Waals surface area contributed by atoms with Gasteiger partial charge in [0.2, 0.25) is 11.8 Å². The smallest absolute Gasteiger partial charge is 0.456 e. The predicted molar refractivity (Wildman–Crippen MR) is 97.7 cm³/mol. The standard InChI is InChI=1S/C18H18F5N5O3/c1-9-6-12(7-14(24-9)26-11(3)29)10(2)25-16(30)13-4-5-15(28-27-13)31-8-17(19,20)18(21,22)23/h4-7,10H,8H2,1-3H3,(H,25,30)(H,24,26,29). The number of anilines is 1. The summed E-state index contributed by atoms with van der Waals surface area (Å²) >= 11 is 0. The van der Waals surface area contributed by atoms with Gasteiger partial charge in [-0.25, -0.2) is 4.98 Å². The van der Waals surface area contributed by atoms with Crippen molar-refractivity contribution in [2.75, 3.05) is 11.9 Å². The quantitative estimate of drug-likeness (QED) is 0.632. The summed E-state index contributed by atoms with van der Waals surface area (Å²) in [5.41, 5.74) is 1.01. The Labute approximate surface area is 173 Å². The maximum absolute atomic E-state index is 12.9. The molecule has 1 atom stereocenters. The zero-order valence-corrected chi connectivity index (χ0v) is 16.6. The van der Waals surface area contributed by atoms with Crippen molar-refractivity contribution < 1.29 is 36.3 Å². The van der Waals surface area contributed by atoms with Gasteiger partial charge in [0.15, 0.2) is 12.3 Å². The maximum atomic E-state index is 12.9. The number of alkyl halides is 5. The monoisotopic (exact) mass is 447 g/mol. The predicted octanol–water partition coefficient (Wildman–Crippen LogP) is 3.21. The molecule has 0 saturated carbocycles. The molecule has 2 rings (SSSR count). The fourth-order valence-corrected chi connectivity index (χ4v) is 2.31. The van der Waals surface area contributed by atoms with Gasteiger partial charge >= 0.3 is 12.1 Å². The van der Waals surface area contributed by atoms with Crippen molar-refractivity contribution in [1.29, 1.82) is 0 Å². The van der Waals surface area contributed by atoms with Crippen molar-refractivity contribution in [3.05, 3.63) is 41.2 Å². The summed E-state index contributed by atoms with van der Waals surface area (Å²) in [5, 5.41) is 12.0.